The van der Waals surface area contributed by atoms with E-state index in [-0.39, 0.29) is 10.8 Å². The van der Waals surface area contributed by atoms with Crippen LogP contribution in [0.25, 0.3) is 10.9 Å². The molecule has 1 aromatic carbocycles. The molecule has 112 valence electrons. The molecule has 2 heterocycles. The highest BCUT2D eigenvalue weighted by Crippen LogP contribution is 2.31. The van der Waals surface area contributed by atoms with Gasteiger partial charge in [-0.25, -0.2) is 15.0 Å². The molecule has 0 saturated heterocycles. The quantitative estimate of drug-likeness (QED) is 0.497. The number of hydrogen-bond donors (Lipinski definition) is 3. The molecule has 22 heavy (non-hydrogen) atoms. The van der Waals surface area contributed by atoms with Gasteiger partial charge in [-0.05, 0) is 19.1 Å². The number of aromatic amines is 1. The summed E-state index contributed by atoms with van der Waals surface area (Å²) in [5.41, 5.74) is 11.8. The predicted molar refractivity (Wildman–Crippen MR) is 87.5 cm³/mol. The van der Waals surface area contributed by atoms with Crippen LogP contribution in [-0.4, -0.2) is 19.9 Å². The number of H-pyrrole nitrogens is 1. The first-order valence-electron chi connectivity index (χ1n) is 6.58. The average Bonchev–Trinajstić information content (AvgIpc) is 2.46. The van der Waals surface area contributed by atoms with Crippen LogP contribution in [0.15, 0.2) is 40.3 Å². The average molecular weight is 314 g/mol. The number of thioether (sulfide) groups is 1. The van der Waals surface area contributed by atoms with Crippen molar-refractivity contribution in [1.82, 2.24) is 19.9 Å². The highest BCUT2D eigenvalue weighted by atomic mass is 32.2. The molecule has 0 spiro atoms. The van der Waals surface area contributed by atoms with E-state index >= 15 is 0 Å². The number of nitrogens with two attached hydrogens (primary N) is 2. The zero-order chi connectivity index (χ0) is 15.7. The molecular weight excluding hydrogens is 300 g/mol. The van der Waals surface area contributed by atoms with Gasteiger partial charge in [0, 0.05) is 6.07 Å². The van der Waals surface area contributed by atoms with Crippen molar-refractivity contribution >= 4 is 34.3 Å². The van der Waals surface area contributed by atoms with Crippen LogP contribution >= 0.6 is 11.8 Å². The number of nitrogen functional groups attached to an aromatic ring is 2. The topological polar surface area (TPSA) is 124 Å². The monoisotopic (exact) mass is 314 g/mol. The van der Waals surface area contributed by atoms with Crippen LogP contribution in [0.5, 0.6) is 0 Å². The van der Waals surface area contributed by atoms with E-state index in [0.717, 1.165) is 0 Å². The Morgan fingerprint density at radius 3 is 2.55 bits per heavy atom. The van der Waals surface area contributed by atoms with Gasteiger partial charge >= 0.3 is 0 Å². The summed E-state index contributed by atoms with van der Waals surface area (Å²) in [4.78, 5) is 27.6. The number of aromatic nitrogens is 4. The third kappa shape index (κ3) is 2.86. The van der Waals surface area contributed by atoms with E-state index < -0.39 is 0 Å². The number of hydrogen-bond acceptors (Lipinski definition) is 7. The Hall–Kier alpha value is -2.61. The first-order chi connectivity index (χ1) is 10.5. The van der Waals surface area contributed by atoms with Crippen molar-refractivity contribution in [3.63, 3.8) is 0 Å². The van der Waals surface area contributed by atoms with E-state index in [9.17, 15) is 4.79 Å². The molecular formula is C14H14N6OS. The minimum absolute atomic E-state index is 0.154. The number of benzene rings is 1. The lowest BCUT2D eigenvalue weighted by atomic mass is 10.2. The fraction of sp³-hybridized carbons (Fsp3) is 0.143. The predicted octanol–water partition coefficient (Wildman–Crippen LogP) is 1.73. The lowest BCUT2D eigenvalue weighted by Gasteiger charge is -2.10. The Balaban J connectivity index is 1.95. The second kappa shape index (κ2) is 5.64. The molecule has 0 amide bonds. The molecule has 5 N–H and O–H groups in total. The highest BCUT2D eigenvalue weighted by Gasteiger charge is 2.14. The van der Waals surface area contributed by atoms with E-state index in [1.807, 2.05) is 13.0 Å². The molecule has 0 bridgehead atoms. The molecule has 0 radical (unpaired) electrons. The Morgan fingerprint density at radius 2 is 1.82 bits per heavy atom. The van der Waals surface area contributed by atoms with Gasteiger partial charge < -0.3 is 16.5 Å². The van der Waals surface area contributed by atoms with Gasteiger partial charge in [0.05, 0.1) is 16.2 Å². The molecule has 2 aromatic heterocycles. The van der Waals surface area contributed by atoms with E-state index in [1.165, 1.54) is 17.8 Å². The molecule has 3 aromatic rings. The summed E-state index contributed by atoms with van der Waals surface area (Å²) in [5.74, 6) is 1.17. The first-order valence-corrected chi connectivity index (χ1v) is 7.46. The van der Waals surface area contributed by atoms with Gasteiger partial charge in [0.15, 0.2) is 5.16 Å². The van der Waals surface area contributed by atoms with E-state index in [2.05, 4.69) is 19.9 Å². The summed E-state index contributed by atoms with van der Waals surface area (Å²) < 4.78 is 0. The number of rotatable bonds is 3. The summed E-state index contributed by atoms with van der Waals surface area (Å²) in [5, 5.41) is 0.854. The summed E-state index contributed by atoms with van der Waals surface area (Å²) >= 11 is 1.33. The lowest BCUT2D eigenvalue weighted by Crippen LogP contribution is -2.13. The molecule has 7 nitrogen and oxygen atoms in total. The van der Waals surface area contributed by atoms with Crippen LogP contribution in [0.4, 0.5) is 11.6 Å². The molecule has 0 fully saturated rings. The molecule has 0 aliphatic rings. The fourth-order valence-corrected chi connectivity index (χ4v) is 2.88. The van der Waals surface area contributed by atoms with Crippen LogP contribution in [0.1, 0.15) is 18.0 Å². The van der Waals surface area contributed by atoms with Crippen LogP contribution in [0.3, 0.4) is 0 Å². The maximum absolute atomic E-state index is 12.1. The van der Waals surface area contributed by atoms with Gasteiger partial charge in [-0.1, -0.05) is 23.9 Å². The van der Waals surface area contributed by atoms with Gasteiger partial charge in [-0.2, -0.15) is 0 Å². The second-order valence-corrected chi connectivity index (χ2v) is 6.04. The Bertz CT molecular complexity index is 874. The fourth-order valence-electron chi connectivity index (χ4n) is 2.03. The van der Waals surface area contributed by atoms with Gasteiger partial charge in [-0.15, -0.1) is 0 Å². The minimum Gasteiger partial charge on any atom is -0.383 e. The zero-order valence-electron chi connectivity index (χ0n) is 11.8. The van der Waals surface area contributed by atoms with E-state index in [1.54, 1.807) is 18.2 Å². The standard InChI is InChI=1S/C14H14N6OS/c1-7(22-14-18-10(15)6-11(16)19-14)12-17-9-5-3-2-4-8(9)13(21)20-12/h2-7H,1H3,(H,17,20,21)(H4,15,16,18,19)/t7-/m1/s1. The Morgan fingerprint density at radius 1 is 1.14 bits per heavy atom. The SMILES string of the molecule is C[C@@H](Sc1nc(N)cc(N)n1)c1nc2ccccc2c(=O)[nH]1. The lowest BCUT2D eigenvalue weighted by molar-refractivity contribution is 0.904. The van der Waals surface area contributed by atoms with Gasteiger partial charge in [-0.3, -0.25) is 4.79 Å². The number of nitrogens with zero attached hydrogens (tertiary/aromatic N) is 3. The van der Waals surface area contributed by atoms with Crippen LogP contribution in [0.2, 0.25) is 0 Å². The maximum atomic E-state index is 12.1. The number of anilines is 2. The summed E-state index contributed by atoms with van der Waals surface area (Å²) in [6.07, 6.45) is 0. The summed E-state index contributed by atoms with van der Waals surface area (Å²) in [7, 11) is 0. The van der Waals surface area contributed by atoms with E-state index in [0.29, 0.717) is 33.5 Å². The van der Waals surface area contributed by atoms with E-state index in [4.69, 9.17) is 11.5 Å². The number of nitrogens with one attached hydrogen (secondary N) is 1. The van der Waals surface area contributed by atoms with Crippen LogP contribution < -0.4 is 17.0 Å². The Labute approximate surface area is 130 Å². The maximum Gasteiger partial charge on any atom is 0.258 e. The molecule has 0 saturated carbocycles. The molecule has 0 aliphatic carbocycles. The smallest absolute Gasteiger partial charge is 0.258 e. The van der Waals surface area contributed by atoms with Crippen molar-refractivity contribution in [2.45, 2.75) is 17.3 Å². The van der Waals surface area contributed by atoms with Gasteiger partial charge in [0.1, 0.15) is 17.5 Å². The third-order valence-corrected chi connectivity index (χ3v) is 4.01. The van der Waals surface area contributed by atoms with Crippen molar-refractivity contribution in [1.29, 1.82) is 0 Å². The molecule has 1 atom stereocenters. The highest BCUT2D eigenvalue weighted by molar-refractivity contribution is 7.99. The van der Waals surface area contributed by atoms with Crippen molar-refractivity contribution in [3.05, 3.63) is 46.5 Å². The molecule has 3 rings (SSSR count). The van der Waals surface area contributed by atoms with Gasteiger partial charge in [0.25, 0.3) is 5.56 Å². The van der Waals surface area contributed by atoms with Crippen molar-refractivity contribution in [2.75, 3.05) is 11.5 Å². The normalized spacial score (nSPS) is 12.4. The molecule has 0 unspecified atom stereocenters. The first kappa shape index (κ1) is 14.3. The third-order valence-electron chi connectivity index (χ3n) is 3.04. The van der Waals surface area contributed by atoms with Gasteiger partial charge in [0.2, 0.25) is 0 Å². The van der Waals surface area contributed by atoms with Crippen molar-refractivity contribution < 1.29 is 0 Å². The Kier molecular flexibility index (Phi) is 3.68. The summed E-state index contributed by atoms with van der Waals surface area (Å²) in [6, 6.07) is 8.69. The van der Waals surface area contributed by atoms with Crippen LogP contribution in [0, 0.1) is 0 Å². The largest absolute Gasteiger partial charge is 0.383 e. The number of fused-ring (bicyclic) bond motifs is 1. The minimum atomic E-state index is -0.166. The summed E-state index contributed by atoms with van der Waals surface area (Å²) in [6.45, 7) is 1.90. The number of para-hydroxylation sites is 1. The van der Waals surface area contributed by atoms with Crippen LogP contribution in [-0.2, 0) is 0 Å². The second-order valence-electron chi connectivity index (χ2n) is 4.73. The molecule has 8 heteroatoms. The van der Waals surface area contributed by atoms with Crippen molar-refractivity contribution in [2.24, 2.45) is 0 Å². The zero-order valence-corrected chi connectivity index (χ0v) is 12.6. The van der Waals surface area contributed by atoms with Crippen molar-refractivity contribution in [3.8, 4) is 0 Å². The molecule has 0 aliphatic heterocycles.